The fraction of sp³-hybridized carbons (Fsp3) is 0.571. The van der Waals surface area contributed by atoms with E-state index in [1.54, 1.807) is 11.8 Å². The van der Waals surface area contributed by atoms with Crippen molar-refractivity contribution in [3.05, 3.63) is 29.8 Å². The minimum atomic E-state index is -0.461. The Labute approximate surface area is 108 Å². The summed E-state index contributed by atoms with van der Waals surface area (Å²) in [7, 11) is 0. The minimum Gasteiger partial charge on any atom is -0.491 e. The molecule has 0 aromatic heterocycles. The molecule has 0 amide bonds. The van der Waals surface area contributed by atoms with Crippen LogP contribution in [0.3, 0.4) is 0 Å². The van der Waals surface area contributed by atoms with Crippen LogP contribution in [0.2, 0.25) is 0 Å². The third kappa shape index (κ3) is 4.25. The highest BCUT2D eigenvalue weighted by Gasteiger charge is 2.19. The van der Waals surface area contributed by atoms with Gasteiger partial charge in [0.2, 0.25) is 0 Å². The summed E-state index contributed by atoms with van der Waals surface area (Å²) in [5, 5.41) is 10.3. The van der Waals surface area contributed by atoms with Gasteiger partial charge in [-0.2, -0.15) is 11.8 Å². The maximum Gasteiger partial charge on any atom is 0.125 e. The number of aliphatic hydroxyl groups excluding tert-OH is 1. The number of ether oxygens (including phenoxy) is 1. The molecule has 1 N–H and O–H groups in total. The van der Waals surface area contributed by atoms with E-state index in [9.17, 15) is 5.11 Å². The molecular weight excluding hydrogens is 232 g/mol. The number of hydrogen-bond acceptors (Lipinski definition) is 3. The highest BCUT2D eigenvalue weighted by atomic mass is 32.2. The Morgan fingerprint density at radius 2 is 1.88 bits per heavy atom. The Morgan fingerprint density at radius 1 is 1.24 bits per heavy atom. The van der Waals surface area contributed by atoms with E-state index in [1.807, 2.05) is 38.1 Å². The van der Waals surface area contributed by atoms with E-state index in [0.29, 0.717) is 0 Å². The van der Waals surface area contributed by atoms with Crippen molar-refractivity contribution in [3.8, 4) is 5.75 Å². The Hall–Kier alpha value is -0.670. The zero-order valence-electron chi connectivity index (χ0n) is 11.0. The maximum absolute atomic E-state index is 10.3. The summed E-state index contributed by atoms with van der Waals surface area (Å²) >= 11 is 1.75. The van der Waals surface area contributed by atoms with Crippen molar-refractivity contribution in [3.63, 3.8) is 0 Å². The predicted octanol–water partition coefficient (Wildman–Crippen LogP) is 3.51. The number of thioether (sulfide) groups is 1. The zero-order chi connectivity index (χ0) is 12.8. The largest absolute Gasteiger partial charge is 0.491 e. The monoisotopic (exact) mass is 254 g/mol. The molecular formula is C14H22O2S. The SMILES string of the molecule is CSCC(C)C(O)c1ccccc1OC(C)C. The highest BCUT2D eigenvalue weighted by molar-refractivity contribution is 7.98. The lowest BCUT2D eigenvalue weighted by atomic mass is 9.98. The maximum atomic E-state index is 10.3. The van der Waals surface area contributed by atoms with Crippen LogP contribution in [0.15, 0.2) is 24.3 Å². The van der Waals surface area contributed by atoms with Crippen molar-refractivity contribution in [2.24, 2.45) is 5.92 Å². The van der Waals surface area contributed by atoms with E-state index in [4.69, 9.17) is 4.74 Å². The van der Waals surface area contributed by atoms with Gasteiger partial charge in [-0.1, -0.05) is 25.1 Å². The molecule has 2 unspecified atom stereocenters. The molecule has 0 aliphatic heterocycles. The fourth-order valence-corrected chi connectivity index (χ4v) is 2.45. The average Bonchev–Trinajstić information content (AvgIpc) is 2.28. The molecule has 0 radical (unpaired) electrons. The molecule has 0 spiro atoms. The van der Waals surface area contributed by atoms with Crippen molar-refractivity contribution in [2.45, 2.75) is 33.0 Å². The lowest BCUT2D eigenvalue weighted by molar-refractivity contribution is 0.122. The van der Waals surface area contributed by atoms with E-state index >= 15 is 0 Å². The van der Waals surface area contributed by atoms with E-state index < -0.39 is 6.10 Å². The third-order valence-corrected chi connectivity index (χ3v) is 3.43. The van der Waals surface area contributed by atoms with Crippen molar-refractivity contribution < 1.29 is 9.84 Å². The van der Waals surface area contributed by atoms with Crippen LogP contribution in [-0.2, 0) is 0 Å². The summed E-state index contributed by atoms with van der Waals surface area (Å²) in [5.41, 5.74) is 0.891. The van der Waals surface area contributed by atoms with Gasteiger partial charge < -0.3 is 9.84 Å². The highest BCUT2D eigenvalue weighted by Crippen LogP contribution is 2.31. The molecule has 96 valence electrons. The third-order valence-electron chi connectivity index (χ3n) is 2.57. The standard InChI is InChI=1S/C14H22O2S/c1-10(2)16-13-8-6-5-7-12(13)14(15)11(3)9-17-4/h5-8,10-11,14-15H,9H2,1-4H3. The minimum absolute atomic E-state index is 0.124. The molecule has 0 aliphatic carbocycles. The van der Waals surface area contributed by atoms with E-state index in [0.717, 1.165) is 17.1 Å². The molecule has 3 heteroatoms. The molecule has 1 aromatic rings. The van der Waals surface area contributed by atoms with Gasteiger partial charge in [0.05, 0.1) is 12.2 Å². The van der Waals surface area contributed by atoms with Crippen molar-refractivity contribution in [2.75, 3.05) is 12.0 Å². The van der Waals surface area contributed by atoms with Crippen molar-refractivity contribution in [1.29, 1.82) is 0 Å². The van der Waals surface area contributed by atoms with Crippen LogP contribution in [0, 0.1) is 5.92 Å². The number of para-hydroxylation sites is 1. The summed E-state index contributed by atoms with van der Waals surface area (Å²) in [6, 6.07) is 7.74. The van der Waals surface area contributed by atoms with E-state index in [-0.39, 0.29) is 12.0 Å². The van der Waals surface area contributed by atoms with Crippen molar-refractivity contribution in [1.82, 2.24) is 0 Å². The van der Waals surface area contributed by atoms with Gasteiger partial charge in [-0.25, -0.2) is 0 Å². The first kappa shape index (κ1) is 14.4. The van der Waals surface area contributed by atoms with Crippen LogP contribution in [0.5, 0.6) is 5.75 Å². The lowest BCUT2D eigenvalue weighted by Crippen LogP contribution is -2.15. The summed E-state index contributed by atoms with van der Waals surface area (Å²) in [5.74, 6) is 1.96. The second-order valence-electron chi connectivity index (χ2n) is 4.58. The van der Waals surface area contributed by atoms with Crippen LogP contribution in [0.25, 0.3) is 0 Å². The molecule has 0 fully saturated rings. The van der Waals surface area contributed by atoms with Crippen molar-refractivity contribution >= 4 is 11.8 Å². The molecule has 1 rings (SSSR count). The average molecular weight is 254 g/mol. The van der Waals surface area contributed by atoms with Gasteiger partial charge in [-0.05, 0) is 37.8 Å². The molecule has 17 heavy (non-hydrogen) atoms. The molecule has 2 nitrogen and oxygen atoms in total. The topological polar surface area (TPSA) is 29.5 Å². The summed E-state index contributed by atoms with van der Waals surface area (Å²) in [6.45, 7) is 6.05. The summed E-state index contributed by atoms with van der Waals surface area (Å²) in [6.07, 6.45) is 1.72. The van der Waals surface area contributed by atoms with Gasteiger partial charge >= 0.3 is 0 Å². The van der Waals surface area contributed by atoms with E-state index in [2.05, 4.69) is 13.2 Å². The van der Waals surface area contributed by atoms with Crippen LogP contribution in [-0.4, -0.2) is 23.2 Å². The van der Waals surface area contributed by atoms with Crippen LogP contribution >= 0.6 is 11.8 Å². The van der Waals surface area contributed by atoms with Gasteiger partial charge in [0.1, 0.15) is 5.75 Å². The van der Waals surface area contributed by atoms with E-state index in [1.165, 1.54) is 0 Å². The van der Waals surface area contributed by atoms with Gasteiger partial charge in [-0.3, -0.25) is 0 Å². The molecule has 0 aliphatic rings. The summed E-state index contributed by atoms with van der Waals surface area (Å²) in [4.78, 5) is 0. The number of rotatable bonds is 6. The van der Waals surface area contributed by atoms with Gasteiger partial charge in [-0.15, -0.1) is 0 Å². The Morgan fingerprint density at radius 3 is 2.47 bits per heavy atom. The predicted molar refractivity (Wildman–Crippen MR) is 74.7 cm³/mol. The number of benzene rings is 1. The van der Waals surface area contributed by atoms with Crippen LogP contribution in [0.4, 0.5) is 0 Å². The smallest absolute Gasteiger partial charge is 0.125 e. The quantitative estimate of drug-likeness (QED) is 0.842. The van der Waals surface area contributed by atoms with Crippen LogP contribution in [0.1, 0.15) is 32.4 Å². The second kappa shape index (κ2) is 6.92. The van der Waals surface area contributed by atoms with Gasteiger partial charge in [0.25, 0.3) is 0 Å². The molecule has 1 aromatic carbocycles. The second-order valence-corrected chi connectivity index (χ2v) is 5.49. The molecule has 0 heterocycles. The Kier molecular flexibility index (Phi) is 5.86. The first-order chi connectivity index (χ1) is 8.06. The molecule has 0 bridgehead atoms. The Bertz CT molecular complexity index is 339. The molecule has 0 saturated heterocycles. The van der Waals surface area contributed by atoms with Crippen LogP contribution < -0.4 is 4.74 Å². The number of hydrogen-bond donors (Lipinski definition) is 1. The first-order valence-corrected chi connectivity index (χ1v) is 7.38. The molecule has 2 atom stereocenters. The zero-order valence-corrected chi connectivity index (χ0v) is 11.8. The number of aliphatic hydroxyl groups is 1. The van der Waals surface area contributed by atoms with Gasteiger partial charge in [0, 0.05) is 5.56 Å². The Balaban J connectivity index is 2.88. The van der Waals surface area contributed by atoms with Gasteiger partial charge in [0.15, 0.2) is 0 Å². The lowest BCUT2D eigenvalue weighted by Gasteiger charge is -2.22. The molecule has 0 saturated carbocycles. The normalized spacial score (nSPS) is 14.7. The fourth-order valence-electron chi connectivity index (χ4n) is 1.75. The summed E-state index contributed by atoms with van der Waals surface area (Å²) < 4.78 is 5.73. The first-order valence-electron chi connectivity index (χ1n) is 5.98.